The summed E-state index contributed by atoms with van der Waals surface area (Å²) >= 11 is 0. The van der Waals surface area contributed by atoms with Crippen LogP contribution in [0.25, 0.3) is 0 Å². The molecular formula is C30H53O. The van der Waals surface area contributed by atoms with E-state index in [9.17, 15) is 5.11 Å². The monoisotopic (exact) mass is 429 g/mol. The molecule has 179 valence electrons. The first-order chi connectivity index (χ1) is 15.3. The summed E-state index contributed by atoms with van der Waals surface area (Å²) in [6.45, 7) is 4.56. The highest BCUT2D eigenvalue weighted by Crippen LogP contribution is 2.27. The van der Waals surface area contributed by atoms with Crippen molar-refractivity contribution in [3.63, 3.8) is 0 Å². The molecule has 0 bridgehead atoms. The van der Waals surface area contributed by atoms with Gasteiger partial charge in [-0.1, -0.05) is 148 Å². The summed E-state index contributed by atoms with van der Waals surface area (Å²) in [6.07, 6.45) is 29.0. The predicted molar refractivity (Wildman–Crippen MR) is 138 cm³/mol. The minimum absolute atomic E-state index is 0.342. The standard InChI is InChI=1S/C30H53O/c1-3-5-7-9-11-13-15-17-19-21-24-28-26-23-27-29(30(28)31)25-22-20-18-16-14-12-10-8-6-4-2/h23,26-27H,3-22,24-25H2,1-2H3. The topological polar surface area (TPSA) is 19.9 Å². The summed E-state index contributed by atoms with van der Waals surface area (Å²) in [4.78, 5) is 0. The van der Waals surface area contributed by atoms with Gasteiger partial charge in [0.25, 0.3) is 0 Å². The SMILES string of the molecule is CCCCCCCCCCCCc1cccc(CCCCCCCCCCCC)c1[O]. The Balaban J connectivity index is 2.07. The first kappa shape index (κ1) is 28.1. The molecule has 0 fully saturated rings. The fraction of sp³-hybridized carbons (Fsp3) is 0.800. The van der Waals surface area contributed by atoms with Crippen molar-refractivity contribution < 1.29 is 5.11 Å². The zero-order chi connectivity index (χ0) is 22.4. The number of rotatable bonds is 22. The Morgan fingerprint density at radius 2 is 0.742 bits per heavy atom. The average Bonchev–Trinajstić information content (AvgIpc) is 2.78. The van der Waals surface area contributed by atoms with Crippen molar-refractivity contribution in [3.8, 4) is 5.75 Å². The van der Waals surface area contributed by atoms with E-state index in [1.54, 1.807) is 0 Å². The van der Waals surface area contributed by atoms with Gasteiger partial charge in [-0.3, -0.25) is 5.11 Å². The molecule has 1 nitrogen and oxygen atoms in total. The Morgan fingerprint density at radius 1 is 0.452 bits per heavy atom. The molecule has 1 radical (unpaired) electrons. The maximum atomic E-state index is 12.8. The van der Waals surface area contributed by atoms with E-state index in [1.165, 1.54) is 128 Å². The first-order valence-corrected chi connectivity index (χ1v) is 14.1. The van der Waals surface area contributed by atoms with Crippen molar-refractivity contribution >= 4 is 0 Å². The molecular weight excluding hydrogens is 376 g/mol. The highest BCUT2D eigenvalue weighted by atomic mass is 16.3. The van der Waals surface area contributed by atoms with Gasteiger partial charge >= 0.3 is 0 Å². The molecule has 0 spiro atoms. The third-order valence-corrected chi connectivity index (χ3v) is 6.78. The number of hydrogen-bond donors (Lipinski definition) is 0. The van der Waals surface area contributed by atoms with Crippen LogP contribution >= 0.6 is 0 Å². The Bertz CT molecular complexity index is 465. The molecule has 1 aromatic rings. The minimum Gasteiger partial charge on any atom is -0.289 e. The van der Waals surface area contributed by atoms with Crippen molar-refractivity contribution in [1.82, 2.24) is 0 Å². The molecule has 0 saturated carbocycles. The Labute approximate surface area is 195 Å². The van der Waals surface area contributed by atoms with Crippen LogP contribution in [0, 0.1) is 0 Å². The fourth-order valence-corrected chi connectivity index (χ4v) is 4.64. The second-order valence-electron chi connectivity index (χ2n) is 9.77. The van der Waals surface area contributed by atoms with E-state index in [0.29, 0.717) is 5.75 Å². The lowest BCUT2D eigenvalue weighted by molar-refractivity contribution is 0.343. The van der Waals surface area contributed by atoms with Crippen LogP contribution < -0.4 is 0 Å². The highest BCUT2D eigenvalue weighted by Gasteiger charge is 2.09. The molecule has 1 rings (SSSR count). The van der Waals surface area contributed by atoms with Crippen LogP contribution in [0.2, 0.25) is 0 Å². The van der Waals surface area contributed by atoms with Gasteiger partial charge in [0.05, 0.1) is 0 Å². The lowest BCUT2D eigenvalue weighted by Gasteiger charge is -2.08. The molecule has 0 N–H and O–H groups in total. The molecule has 0 unspecified atom stereocenters. The van der Waals surface area contributed by atoms with Gasteiger partial charge in [0.15, 0.2) is 5.75 Å². The Morgan fingerprint density at radius 3 is 1.06 bits per heavy atom. The van der Waals surface area contributed by atoms with Crippen molar-refractivity contribution in [2.24, 2.45) is 0 Å². The fourth-order valence-electron chi connectivity index (χ4n) is 4.64. The summed E-state index contributed by atoms with van der Waals surface area (Å²) < 4.78 is 0. The summed E-state index contributed by atoms with van der Waals surface area (Å²) in [5.74, 6) is 0.342. The molecule has 0 aromatic heterocycles. The molecule has 0 amide bonds. The largest absolute Gasteiger partial charge is 0.289 e. The lowest BCUT2D eigenvalue weighted by Crippen LogP contribution is -1.92. The van der Waals surface area contributed by atoms with Crippen molar-refractivity contribution in [2.75, 3.05) is 0 Å². The van der Waals surface area contributed by atoms with Gasteiger partial charge in [0.2, 0.25) is 0 Å². The van der Waals surface area contributed by atoms with E-state index in [-0.39, 0.29) is 0 Å². The van der Waals surface area contributed by atoms with Gasteiger partial charge in [0.1, 0.15) is 0 Å². The summed E-state index contributed by atoms with van der Waals surface area (Å²) in [5.41, 5.74) is 2.12. The van der Waals surface area contributed by atoms with Crippen molar-refractivity contribution in [2.45, 2.75) is 155 Å². The lowest BCUT2D eigenvalue weighted by atomic mass is 9.98. The number of hydrogen-bond acceptors (Lipinski definition) is 0. The number of para-hydroxylation sites is 1. The quantitative estimate of drug-likeness (QED) is 0.163. The van der Waals surface area contributed by atoms with Gasteiger partial charge in [-0.2, -0.15) is 0 Å². The maximum Gasteiger partial charge on any atom is 0.184 e. The van der Waals surface area contributed by atoms with Crippen LogP contribution in [0.5, 0.6) is 5.75 Å². The zero-order valence-corrected chi connectivity index (χ0v) is 21.2. The summed E-state index contributed by atoms with van der Waals surface area (Å²) in [6, 6.07) is 6.24. The highest BCUT2D eigenvalue weighted by molar-refractivity contribution is 5.40. The molecule has 31 heavy (non-hydrogen) atoms. The van der Waals surface area contributed by atoms with E-state index < -0.39 is 0 Å². The van der Waals surface area contributed by atoms with E-state index in [0.717, 1.165) is 24.0 Å². The summed E-state index contributed by atoms with van der Waals surface area (Å²) in [7, 11) is 0. The Hall–Kier alpha value is -0.980. The van der Waals surface area contributed by atoms with Crippen LogP contribution in [0.3, 0.4) is 0 Å². The van der Waals surface area contributed by atoms with Crippen LogP contribution in [0.1, 0.15) is 153 Å². The van der Waals surface area contributed by atoms with Crippen molar-refractivity contribution in [3.05, 3.63) is 29.3 Å². The number of benzene rings is 1. The predicted octanol–water partition coefficient (Wildman–Crippen LogP) is 10.8. The third kappa shape index (κ3) is 15.5. The zero-order valence-electron chi connectivity index (χ0n) is 21.2. The van der Waals surface area contributed by atoms with Crippen LogP contribution in [0.15, 0.2) is 18.2 Å². The molecule has 0 aliphatic heterocycles. The molecule has 1 heteroatoms. The molecule has 0 heterocycles. The second-order valence-corrected chi connectivity index (χ2v) is 9.77. The third-order valence-electron chi connectivity index (χ3n) is 6.78. The van der Waals surface area contributed by atoms with Crippen LogP contribution in [0.4, 0.5) is 0 Å². The number of aryl methyl sites for hydroxylation is 2. The number of unbranched alkanes of at least 4 members (excludes halogenated alkanes) is 18. The van der Waals surface area contributed by atoms with E-state index in [1.807, 2.05) is 0 Å². The molecule has 0 saturated heterocycles. The van der Waals surface area contributed by atoms with E-state index in [4.69, 9.17) is 0 Å². The normalized spacial score (nSPS) is 11.3. The van der Waals surface area contributed by atoms with Crippen LogP contribution in [-0.4, -0.2) is 0 Å². The van der Waals surface area contributed by atoms with Gasteiger partial charge < -0.3 is 0 Å². The molecule has 0 aliphatic carbocycles. The smallest absolute Gasteiger partial charge is 0.184 e. The molecule has 1 aromatic carbocycles. The second kappa shape index (κ2) is 20.9. The van der Waals surface area contributed by atoms with Gasteiger partial charge in [-0.25, -0.2) is 0 Å². The average molecular weight is 430 g/mol. The van der Waals surface area contributed by atoms with Gasteiger partial charge in [-0.05, 0) is 36.8 Å². The van der Waals surface area contributed by atoms with Gasteiger partial charge in [0, 0.05) is 0 Å². The van der Waals surface area contributed by atoms with Crippen LogP contribution in [-0.2, 0) is 17.9 Å². The molecule has 0 atom stereocenters. The maximum absolute atomic E-state index is 12.8. The van der Waals surface area contributed by atoms with E-state index >= 15 is 0 Å². The molecule has 0 aliphatic rings. The first-order valence-electron chi connectivity index (χ1n) is 14.1. The summed E-state index contributed by atoms with van der Waals surface area (Å²) in [5, 5.41) is 12.8. The minimum atomic E-state index is 0.342. The van der Waals surface area contributed by atoms with E-state index in [2.05, 4.69) is 32.0 Å². The van der Waals surface area contributed by atoms with Gasteiger partial charge in [-0.15, -0.1) is 0 Å². The van der Waals surface area contributed by atoms with Crippen molar-refractivity contribution in [1.29, 1.82) is 0 Å². The Kier molecular flexibility index (Phi) is 18.9.